The Morgan fingerprint density at radius 3 is 2.79 bits per heavy atom. The van der Waals surface area contributed by atoms with Gasteiger partial charge in [-0.05, 0) is 18.2 Å². The molecule has 0 unspecified atom stereocenters. The number of nitrogens with one attached hydrogen (secondary N) is 1. The highest BCUT2D eigenvalue weighted by molar-refractivity contribution is 6.36. The molecule has 0 saturated carbocycles. The number of anilines is 1. The number of esters is 1. The fourth-order valence-corrected chi connectivity index (χ4v) is 1.35. The summed E-state index contributed by atoms with van der Waals surface area (Å²) < 4.78 is 4.46. The minimum absolute atomic E-state index is 0.0812. The maximum atomic E-state index is 10.8. The first-order valence-corrected chi connectivity index (χ1v) is 4.65. The van der Waals surface area contributed by atoms with Crippen LogP contribution in [0.5, 0.6) is 0 Å². The summed E-state index contributed by atoms with van der Waals surface area (Å²) in [5, 5.41) is 3.85. The number of rotatable bonds is 3. The first kappa shape index (κ1) is 11.1. The molecule has 0 aromatic heterocycles. The third-order valence-electron chi connectivity index (χ3n) is 1.58. The van der Waals surface area contributed by atoms with E-state index in [1.807, 2.05) is 0 Å². The number of methoxy groups -OCH3 is 1. The third kappa shape index (κ3) is 3.09. The van der Waals surface area contributed by atoms with Crippen molar-refractivity contribution in [3.05, 3.63) is 28.2 Å². The lowest BCUT2D eigenvalue weighted by Crippen LogP contribution is -2.15. The number of carbonyl (C=O) groups is 1. The quantitative estimate of drug-likeness (QED) is 0.817. The van der Waals surface area contributed by atoms with E-state index >= 15 is 0 Å². The largest absolute Gasteiger partial charge is 0.468 e. The van der Waals surface area contributed by atoms with E-state index in [0.29, 0.717) is 15.7 Å². The molecule has 0 spiro atoms. The molecule has 3 nitrogen and oxygen atoms in total. The van der Waals surface area contributed by atoms with Crippen LogP contribution in [0.2, 0.25) is 10.0 Å². The van der Waals surface area contributed by atoms with Crippen LogP contribution in [0.25, 0.3) is 0 Å². The summed E-state index contributed by atoms with van der Waals surface area (Å²) in [6.07, 6.45) is 0. The first-order valence-electron chi connectivity index (χ1n) is 3.89. The molecule has 0 aliphatic rings. The Bertz CT molecular complexity index is 342. The van der Waals surface area contributed by atoms with Crippen molar-refractivity contribution in [1.82, 2.24) is 0 Å². The zero-order chi connectivity index (χ0) is 10.6. The monoisotopic (exact) mass is 233 g/mol. The molecule has 14 heavy (non-hydrogen) atoms. The van der Waals surface area contributed by atoms with Gasteiger partial charge in [0.25, 0.3) is 0 Å². The van der Waals surface area contributed by atoms with Crippen LogP contribution < -0.4 is 5.32 Å². The normalized spacial score (nSPS) is 9.64. The molecule has 0 heterocycles. The number of carbonyl (C=O) groups excluding carboxylic acids is 1. The van der Waals surface area contributed by atoms with Gasteiger partial charge < -0.3 is 10.1 Å². The molecule has 0 fully saturated rings. The van der Waals surface area contributed by atoms with Gasteiger partial charge in [0.15, 0.2) is 0 Å². The van der Waals surface area contributed by atoms with Gasteiger partial charge in [0, 0.05) is 5.02 Å². The lowest BCUT2D eigenvalue weighted by molar-refractivity contribution is -0.138. The Kier molecular flexibility index (Phi) is 4.04. The van der Waals surface area contributed by atoms with E-state index in [4.69, 9.17) is 23.2 Å². The molecule has 1 rings (SSSR count). The fraction of sp³-hybridized carbons (Fsp3) is 0.222. The standard InChI is InChI=1S/C9H9Cl2NO2/c1-14-9(13)5-12-8-3-2-6(10)4-7(8)11/h2-4,12H,5H2,1H3. The average molecular weight is 234 g/mol. The molecule has 0 radical (unpaired) electrons. The van der Waals surface area contributed by atoms with Crippen LogP contribution in [0.3, 0.4) is 0 Å². The van der Waals surface area contributed by atoms with E-state index in [1.165, 1.54) is 7.11 Å². The summed E-state index contributed by atoms with van der Waals surface area (Å²) in [6.45, 7) is 0.0812. The Morgan fingerprint density at radius 2 is 2.21 bits per heavy atom. The van der Waals surface area contributed by atoms with Crippen LogP contribution in [0.15, 0.2) is 18.2 Å². The molecule has 0 atom stereocenters. The van der Waals surface area contributed by atoms with E-state index in [9.17, 15) is 4.79 Å². The van der Waals surface area contributed by atoms with Gasteiger partial charge in [-0.1, -0.05) is 23.2 Å². The van der Waals surface area contributed by atoms with Crippen molar-refractivity contribution in [3.63, 3.8) is 0 Å². The number of hydrogen-bond acceptors (Lipinski definition) is 3. The van der Waals surface area contributed by atoms with Gasteiger partial charge in [-0.15, -0.1) is 0 Å². The van der Waals surface area contributed by atoms with E-state index in [-0.39, 0.29) is 12.5 Å². The van der Waals surface area contributed by atoms with Gasteiger partial charge in [0.2, 0.25) is 0 Å². The van der Waals surface area contributed by atoms with Crippen LogP contribution in [0, 0.1) is 0 Å². The van der Waals surface area contributed by atoms with Crippen LogP contribution in [-0.4, -0.2) is 19.6 Å². The SMILES string of the molecule is COC(=O)CNc1ccc(Cl)cc1Cl. The summed E-state index contributed by atoms with van der Waals surface area (Å²) in [6, 6.07) is 4.99. The number of benzene rings is 1. The maximum Gasteiger partial charge on any atom is 0.325 e. The topological polar surface area (TPSA) is 38.3 Å². The number of ether oxygens (including phenoxy) is 1. The second-order valence-electron chi connectivity index (χ2n) is 2.55. The van der Waals surface area contributed by atoms with E-state index in [1.54, 1.807) is 18.2 Å². The molecule has 0 amide bonds. The van der Waals surface area contributed by atoms with Gasteiger partial charge in [0.1, 0.15) is 6.54 Å². The second kappa shape index (κ2) is 5.08. The van der Waals surface area contributed by atoms with Crippen molar-refractivity contribution >= 4 is 34.9 Å². The fourth-order valence-electron chi connectivity index (χ4n) is 0.872. The minimum Gasteiger partial charge on any atom is -0.468 e. The van der Waals surface area contributed by atoms with Gasteiger partial charge in [-0.2, -0.15) is 0 Å². The highest BCUT2D eigenvalue weighted by atomic mass is 35.5. The summed E-state index contributed by atoms with van der Waals surface area (Å²) in [5.74, 6) is -0.351. The molecule has 0 saturated heterocycles. The maximum absolute atomic E-state index is 10.8. The number of halogens is 2. The lowest BCUT2D eigenvalue weighted by Gasteiger charge is -2.06. The summed E-state index contributed by atoms with van der Waals surface area (Å²) in [4.78, 5) is 10.8. The Morgan fingerprint density at radius 1 is 1.50 bits per heavy atom. The van der Waals surface area contributed by atoms with Crippen LogP contribution in [0.4, 0.5) is 5.69 Å². The predicted molar refractivity (Wildman–Crippen MR) is 57.0 cm³/mol. The van der Waals surface area contributed by atoms with Crippen LogP contribution in [-0.2, 0) is 9.53 Å². The van der Waals surface area contributed by atoms with E-state index < -0.39 is 0 Å². The molecule has 0 bridgehead atoms. The molecular weight excluding hydrogens is 225 g/mol. The van der Waals surface area contributed by atoms with Crippen LogP contribution in [0.1, 0.15) is 0 Å². The Labute approximate surface area is 92.0 Å². The summed E-state index contributed by atoms with van der Waals surface area (Å²) in [7, 11) is 1.33. The van der Waals surface area contributed by atoms with Gasteiger partial charge in [-0.3, -0.25) is 4.79 Å². The van der Waals surface area contributed by atoms with E-state index in [2.05, 4.69) is 10.1 Å². The smallest absolute Gasteiger partial charge is 0.325 e. The molecule has 0 aliphatic carbocycles. The third-order valence-corrected chi connectivity index (χ3v) is 2.13. The van der Waals surface area contributed by atoms with Crippen LogP contribution >= 0.6 is 23.2 Å². The second-order valence-corrected chi connectivity index (χ2v) is 3.40. The summed E-state index contributed by atoms with van der Waals surface area (Å²) in [5.41, 5.74) is 0.654. The predicted octanol–water partition coefficient (Wildman–Crippen LogP) is 2.58. The summed E-state index contributed by atoms with van der Waals surface area (Å²) >= 11 is 11.6. The van der Waals surface area contributed by atoms with Crippen molar-refractivity contribution in [2.24, 2.45) is 0 Å². The molecule has 5 heteroatoms. The Balaban J connectivity index is 2.63. The van der Waals surface area contributed by atoms with E-state index in [0.717, 1.165) is 0 Å². The van der Waals surface area contributed by atoms with Gasteiger partial charge in [-0.25, -0.2) is 0 Å². The molecular formula is C9H9Cl2NO2. The Hall–Kier alpha value is -0.930. The zero-order valence-electron chi connectivity index (χ0n) is 7.51. The van der Waals surface area contributed by atoms with Gasteiger partial charge in [0.05, 0.1) is 17.8 Å². The van der Waals surface area contributed by atoms with Gasteiger partial charge >= 0.3 is 5.97 Å². The van der Waals surface area contributed by atoms with Crippen molar-refractivity contribution in [3.8, 4) is 0 Å². The highest BCUT2D eigenvalue weighted by Crippen LogP contribution is 2.24. The first-order chi connectivity index (χ1) is 6.63. The highest BCUT2D eigenvalue weighted by Gasteiger charge is 2.03. The number of hydrogen-bond donors (Lipinski definition) is 1. The molecule has 1 aromatic rings. The molecule has 1 N–H and O–H groups in total. The average Bonchev–Trinajstić information content (AvgIpc) is 2.16. The zero-order valence-corrected chi connectivity index (χ0v) is 9.02. The van der Waals surface area contributed by atoms with Crippen molar-refractivity contribution in [1.29, 1.82) is 0 Å². The minimum atomic E-state index is -0.351. The van der Waals surface area contributed by atoms with Crippen molar-refractivity contribution in [2.45, 2.75) is 0 Å². The molecule has 1 aromatic carbocycles. The molecule has 0 aliphatic heterocycles. The molecule has 76 valence electrons. The van der Waals surface area contributed by atoms with Crippen molar-refractivity contribution in [2.75, 3.05) is 19.0 Å². The lowest BCUT2D eigenvalue weighted by atomic mass is 10.3. The van der Waals surface area contributed by atoms with Crippen molar-refractivity contribution < 1.29 is 9.53 Å².